The number of rotatable bonds is 7. The van der Waals surface area contributed by atoms with Crippen LogP contribution in [0.25, 0.3) is 0 Å². The van der Waals surface area contributed by atoms with Crippen LogP contribution in [0.4, 0.5) is 5.69 Å². The topological polar surface area (TPSA) is 86.9 Å². The van der Waals surface area contributed by atoms with E-state index < -0.39 is 0 Å². The Balaban J connectivity index is 1.70. The van der Waals surface area contributed by atoms with Crippen LogP contribution < -0.4 is 4.90 Å². The fraction of sp³-hybridized carbons (Fsp3) is 0.286. The molecule has 0 aliphatic heterocycles. The van der Waals surface area contributed by atoms with E-state index >= 15 is 0 Å². The van der Waals surface area contributed by atoms with Gasteiger partial charge in [0.1, 0.15) is 0 Å². The zero-order valence-corrected chi connectivity index (χ0v) is 14.9. The first-order chi connectivity index (χ1) is 11.6. The van der Waals surface area contributed by atoms with Crippen LogP contribution in [0.5, 0.6) is 0 Å². The van der Waals surface area contributed by atoms with Gasteiger partial charge in [0.25, 0.3) is 9.67 Å². The Morgan fingerprint density at radius 1 is 0.917 bits per heavy atom. The molecule has 0 bridgehead atoms. The van der Waals surface area contributed by atoms with Crippen LogP contribution in [0, 0.1) is 9.67 Å². The molecule has 0 amide bonds. The van der Waals surface area contributed by atoms with Crippen molar-refractivity contribution >= 4 is 41.7 Å². The standard InChI is InChI=1S/C14H14ClN5O2S2/c15-9-1-3-10(4-2-9)20(7-5-11-16-18-13(23)21-11)8-6-12-17-19-14(24)22-12/h1-4H,5-8H2,(H,18,23)(H,19,24). The number of halogens is 1. The first-order valence-electron chi connectivity index (χ1n) is 7.19. The van der Waals surface area contributed by atoms with Crippen LogP contribution in [-0.4, -0.2) is 33.5 Å². The molecule has 0 aliphatic rings. The Labute approximate surface area is 152 Å². The van der Waals surface area contributed by atoms with Gasteiger partial charge in [-0.05, 0) is 48.7 Å². The third-order valence-electron chi connectivity index (χ3n) is 3.35. The van der Waals surface area contributed by atoms with Gasteiger partial charge in [-0.1, -0.05) is 11.6 Å². The number of hydrogen-bond donors (Lipinski definition) is 2. The van der Waals surface area contributed by atoms with Crippen LogP contribution in [0.2, 0.25) is 5.02 Å². The van der Waals surface area contributed by atoms with Crippen LogP contribution in [-0.2, 0) is 12.8 Å². The van der Waals surface area contributed by atoms with Crippen molar-refractivity contribution in [1.29, 1.82) is 0 Å². The second kappa shape index (κ2) is 7.73. The van der Waals surface area contributed by atoms with Gasteiger partial charge in [0, 0.05) is 36.6 Å². The molecule has 0 aliphatic carbocycles. The number of H-pyrrole nitrogens is 2. The maximum atomic E-state index is 5.97. The monoisotopic (exact) mass is 383 g/mol. The van der Waals surface area contributed by atoms with Gasteiger partial charge in [-0.2, -0.15) is 0 Å². The molecule has 24 heavy (non-hydrogen) atoms. The SMILES string of the molecule is S=c1[nH]nc(CCN(CCc2n[nH]c(=S)o2)c2ccc(Cl)cc2)o1. The summed E-state index contributed by atoms with van der Waals surface area (Å²) in [4.78, 5) is 2.71. The van der Waals surface area contributed by atoms with Crippen LogP contribution in [0.3, 0.4) is 0 Å². The van der Waals surface area contributed by atoms with Gasteiger partial charge in [-0.25, -0.2) is 10.2 Å². The summed E-state index contributed by atoms with van der Waals surface area (Å²) in [5.74, 6) is 1.13. The molecular weight excluding hydrogens is 370 g/mol. The van der Waals surface area contributed by atoms with E-state index in [2.05, 4.69) is 25.3 Å². The molecule has 2 heterocycles. The Bertz CT molecular complexity index is 846. The third-order valence-corrected chi connectivity index (χ3v) is 3.95. The number of hydrogen-bond acceptors (Lipinski definition) is 7. The summed E-state index contributed by atoms with van der Waals surface area (Å²) < 4.78 is 10.6. The Hall–Kier alpha value is -1.97. The fourth-order valence-electron chi connectivity index (χ4n) is 2.22. The van der Waals surface area contributed by atoms with E-state index in [1.807, 2.05) is 24.3 Å². The highest BCUT2D eigenvalue weighted by Gasteiger charge is 2.11. The molecule has 3 aromatic rings. The summed E-state index contributed by atoms with van der Waals surface area (Å²) in [6, 6.07) is 7.63. The summed E-state index contributed by atoms with van der Waals surface area (Å²) in [5.41, 5.74) is 1.03. The number of aromatic amines is 2. The molecule has 0 saturated carbocycles. The van der Waals surface area contributed by atoms with E-state index in [1.54, 1.807) is 0 Å². The summed E-state index contributed by atoms with van der Waals surface area (Å²) in [6.07, 6.45) is 1.22. The largest absolute Gasteiger partial charge is 0.414 e. The second-order valence-corrected chi connectivity index (χ2v) is 6.16. The summed E-state index contributed by atoms with van der Waals surface area (Å²) in [6.45, 7) is 1.38. The van der Waals surface area contributed by atoms with Crippen molar-refractivity contribution in [3.8, 4) is 0 Å². The normalized spacial score (nSPS) is 10.9. The van der Waals surface area contributed by atoms with E-state index in [0.717, 1.165) is 5.69 Å². The zero-order chi connectivity index (χ0) is 16.9. The van der Waals surface area contributed by atoms with Crippen molar-refractivity contribution in [2.75, 3.05) is 18.0 Å². The number of benzene rings is 1. The summed E-state index contributed by atoms with van der Waals surface area (Å²) >= 11 is 15.7. The van der Waals surface area contributed by atoms with Gasteiger partial charge < -0.3 is 13.7 Å². The van der Waals surface area contributed by atoms with E-state index in [9.17, 15) is 0 Å². The molecule has 0 atom stereocenters. The van der Waals surface area contributed by atoms with Gasteiger partial charge in [0.05, 0.1) is 0 Å². The molecule has 2 aromatic heterocycles. The van der Waals surface area contributed by atoms with Crippen LogP contribution in [0.15, 0.2) is 33.1 Å². The minimum Gasteiger partial charge on any atom is -0.414 e. The van der Waals surface area contributed by atoms with E-state index in [-0.39, 0.29) is 9.67 Å². The van der Waals surface area contributed by atoms with E-state index in [1.165, 1.54) is 0 Å². The lowest BCUT2D eigenvalue weighted by Crippen LogP contribution is -2.28. The average molecular weight is 384 g/mol. The lowest BCUT2D eigenvalue weighted by Gasteiger charge is -2.23. The van der Waals surface area contributed by atoms with Crippen molar-refractivity contribution in [2.24, 2.45) is 0 Å². The van der Waals surface area contributed by atoms with Crippen molar-refractivity contribution in [1.82, 2.24) is 20.4 Å². The number of anilines is 1. The van der Waals surface area contributed by atoms with Crippen LogP contribution >= 0.6 is 36.0 Å². The first-order valence-corrected chi connectivity index (χ1v) is 8.39. The lowest BCUT2D eigenvalue weighted by molar-refractivity contribution is 0.470. The minimum atomic E-state index is 0.274. The zero-order valence-electron chi connectivity index (χ0n) is 12.5. The van der Waals surface area contributed by atoms with E-state index in [0.29, 0.717) is 42.7 Å². The maximum Gasteiger partial charge on any atom is 0.284 e. The maximum absolute atomic E-state index is 5.97. The van der Waals surface area contributed by atoms with Gasteiger partial charge in [0.15, 0.2) is 0 Å². The minimum absolute atomic E-state index is 0.274. The fourth-order valence-corrected chi connectivity index (χ4v) is 2.63. The lowest BCUT2D eigenvalue weighted by atomic mass is 10.2. The van der Waals surface area contributed by atoms with Crippen molar-refractivity contribution in [3.05, 3.63) is 50.7 Å². The summed E-state index contributed by atoms with van der Waals surface area (Å²) in [5, 5.41) is 14.0. The quantitative estimate of drug-likeness (QED) is 0.601. The van der Waals surface area contributed by atoms with E-state index in [4.69, 9.17) is 44.9 Å². The third kappa shape index (κ3) is 4.53. The van der Waals surface area contributed by atoms with Gasteiger partial charge in [-0.3, -0.25) is 0 Å². The Morgan fingerprint density at radius 3 is 1.83 bits per heavy atom. The molecule has 3 rings (SSSR count). The highest BCUT2D eigenvalue weighted by molar-refractivity contribution is 7.71. The van der Waals surface area contributed by atoms with Crippen molar-refractivity contribution < 1.29 is 8.83 Å². The Kier molecular flexibility index (Phi) is 5.44. The average Bonchev–Trinajstić information content (AvgIpc) is 3.17. The molecule has 7 nitrogen and oxygen atoms in total. The van der Waals surface area contributed by atoms with Crippen molar-refractivity contribution in [3.63, 3.8) is 0 Å². The van der Waals surface area contributed by atoms with Gasteiger partial charge >= 0.3 is 0 Å². The second-order valence-electron chi connectivity index (χ2n) is 4.98. The molecule has 0 saturated heterocycles. The molecule has 10 heteroatoms. The smallest absolute Gasteiger partial charge is 0.284 e. The van der Waals surface area contributed by atoms with Crippen molar-refractivity contribution in [2.45, 2.75) is 12.8 Å². The van der Waals surface area contributed by atoms with Gasteiger partial charge in [0.2, 0.25) is 11.8 Å². The van der Waals surface area contributed by atoms with Crippen LogP contribution in [0.1, 0.15) is 11.8 Å². The molecule has 2 N–H and O–H groups in total. The predicted octanol–water partition coefficient (Wildman–Crippen LogP) is 3.72. The number of nitrogens with one attached hydrogen (secondary N) is 2. The molecule has 0 unspecified atom stereocenters. The molecular formula is C14H14ClN5O2S2. The van der Waals surface area contributed by atoms with Gasteiger partial charge in [-0.15, -0.1) is 10.2 Å². The highest BCUT2D eigenvalue weighted by atomic mass is 35.5. The molecule has 0 fully saturated rings. The summed E-state index contributed by atoms with van der Waals surface area (Å²) in [7, 11) is 0. The highest BCUT2D eigenvalue weighted by Crippen LogP contribution is 2.19. The molecule has 0 radical (unpaired) electrons. The molecule has 1 aromatic carbocycles. The number of aromatic nitrogens is 4. The first kappa shape index (κ1) is 16.9. The Morgan fingerprint density at radius 2 is 1.42 bits per heavy atom. The number of nitrogens with zero attached hydrogens (tertiary/aromatic N) is 3. The predicted molar refractivity (Wildman–Crippen MR) is 94.4 cm³/mol. The molecule has 0 spiro atoms. The molecule has 126 valence electrons.